The van der Waals surface area contributed by atoms with Crippen LogP contribution in [0.4, 0.5) is 0 Å². The summed E-state index contributed by atoms with van der Waals surface area (Å²) in [5.41, 5.74) is 8.67. The molecule has 0 amide bonds. The molecule has 2 rings (SSSR count). The van der Waals surface area contributed by atoms with Crippen molar-refractivity contribution >= 4 is 11.6 Å². The van der Waals surface area contributed by atoms with Crippen LogP contribution in [0.3, 0.4) is 0 Å². The van der Waals surface area contributed by atoms with Crippen molar-refractivity contribution in [3.05, 3.63) is 52.3 Å². The van der Waals surface area contributed by atoms with E-state index in [0.29, 0.717) is 29.7 Å². The van der Waals surface area contributed by atoms with Gasteiger partial charge in [0, 0.05) is 18.0 Å². The van der Waals surface area contributed by atoms with Gasteiger partial charge in [0.2, 0.25) is 0 Å². The number of hydrogen-bond acceptors (Lipinski definition) is 4. The first-order valence-electron chi connectivity index (χ1n) is 6.74. The number of aryl methyl sites for hydroxylation is 1. The molecular weight excluding hydrogens is 288 g/mol. The minimum Gasteiger partial charge on any atom is -0.493 e. The highest BCUT2D eigenvalue weighted by Crippen LogP contribution is 2.37. The topological polar surface area (TPSA) is 57.4 Å². The molecule has 0 aliphatic heterocycles. The molecule has 0 aliphatic carbocycles. The van der Waals surface area contributed by atoms with Gasteiger partial charge in [-0.15, -0.1) is 0 Å². The van der Waals surface area contributed by atoms with E-state index in [1.807, 2.05) is 25.1 Å². The van der Waals surface area contributed by atoms with Crippen LogP contribution in [0.2, 0.25) is 5.02 Å². The number of benzene rings is 1. The van der Waals surface area contributed by atoms with E-state index in [2.05, 4.69) is 4.98 Å². The summed E-state index contributed by atoms with van der Waals surface area (Å²) in [6.07, 6.45) is 4.33. The zero-order valence-corrected chi connectivity index (χ0v) is 13.0. The van der Waals surface area contributed by atoms with Crippen molar-refractivity contribution in [1.29, 1.82) is 0 Å². The molecule has 5 heteroatoms. The van der Waals surface area contributed by atoms with Crippen LogP contribution in [0.5, 0.6) is 11.5 Å². The van der Waals surface area contributed by atoms with Crippen LogP contribution in [-0.2, 0) is 13.0 Å². The third kappa shape index (κ3) is 4.09. The first-order valence-corrected chi connectivity index (χ1v) is 7.11. The summed E-state index contributed by atoms with van der Waals surface area (Å²) in [7, 11) is 1.60. The zero-order valence-electron chi connectivity index (χ0n) is 12.2. The third-order valence-electron chi connectivity index (χ3n) is 3.04. The number of methoxy groups -OCH3 is 1. The molecule has 0 saturated carbocycles. The second kappa shape index (κ2) is 7.29. The maximum atomic E-state index is 6.29. The lowest BCUT2D eigenvalue weighted by molar-refractivity contribution is 0.284. The van der Waals surface area contributed by atoms with E-state index < -0.39 is 0 Å². The molecule has 1 aromatic carbocycles. The van der Waals surface area contributed by atoms with Crippen LogP contribution >= 0.6 is 11.6 Å². The van der Waals surface area contributed by atoms with Gasteiger partial charge in [-0.1, -0.05) is 11.6 Å². The largest absolute Gasteiger partial charge is 0.493 e. The van der Waals surface area contributed by atoms with Crippen LogP contribution < -0.4 is 15.2 Å². The standard InChI is InChI=1S/C16H19ClN2O2/c1-11-5-13(9-19-8-11)10-21-16-14(17)6-12(3-4-18)7-15(16)20-2/h5-9H,3-4,10,18H2,1-2H3. The van der Waals surface area contributed by atoms with Crippen molar-refractivity contribution in [3.63, 3.8) is 0 Å². The Morgan fingerprint density at radius 1 is 1.19 bits per heavy atom. The number of rotatable bonds is 6. The second-order valence-corrected chi connectivity index (χ2v) is 5.21. The third-order valence-corrected chi connectivity index (χ3v) is 3.32. The van der Waals surface area contributed by atoms with Gasteiger partial charge in [0.1, 0.15) is 6.61 Å². The molecule has 112 valence electrons. The Morgan fingerprint density at radius 3 is 2.67 bits per heavy atom. The molecule has 1 aromatic heterocycles. The minimum atomic E-state index is 0.390. The summed E-state index contributed by atoms with van der Waals surface area (Å²) in [4.78, 5) is 4.14. The van der Waals surface area contributed by atoms with Gasteiger partial charge >= 0.3 is 0 Å². The lowest BCUT2D eigenvalue weighted by Crippen LogP contribution is -2.04. The van der Waals surface area contributed by atoms with E-state index in [4.69, 9.17) is 26.8 Å². The molecule has 0 atom stereocenters. The average molecular weight is 307 g/mol. The number of hydrogen-bond donors (Lipinski definition) is 1. The molecular formula is C16H19ClN2O2. The SMILES string of the molecule is COc1cc(CCN)cc(Cl)c1OCc1cncc(C)c1. The second-order valence-electron chi connectivity index (χ2n) is 4.81. The molecule has 1 heterocycles. The van der Waals surface area contributed by atoms with Gasteiger partial charge in [-0.25, -0.2) is 0 Å². The molecule has 0 unspecified atom stereocenters. The molecule has 2 N–H and O–H groups in total. The fraction of sp³-hybridized carbons (Fsp3) is 0.312. The summed E-state index contributed by atoms with van der Waals surface area (Å²) in [6, 6.07) is 5.79. The van der Waals surface area contributed by atoms with Crippen LogP contribution in [0.15, 0.2) is 30.6 Å². The lowest BCUT2D eigenvalue weighted by Gasteiger charge is -2.14. The van der Waals surface area contributed by atoms with Gasteiger partial charge in [-0.2, -0.15) is 0 Å². The summed E-state index contributed by atoms with van der Waals surface area (Å²) in [5.74, 6) is 1.16. The smallest absolute Gasteiger partial charge is 0.180 e. The van der Waals surface area contributed by atoms with E-state index in [1.165, 1.54) is 0 Å². The summed E-state index contributed by atoms with van der Waals surface area (Å²) in [6.45, 7) is 2.95. The zero-order chi connectivity index (χ0) is 15.2. The van der Waals surface area contributed by atoms with Crippen molar-refractivity contribution in [2.24, 2.45) is 5.73 Å². The van der Waals surface area contributed by atoms with Gasteiger partial charge < -0.3 is 15.2 Å². The van der Waals surface area contributed by atoms with Crippen LogP contribution in [0, 0.1) is 6.92 Å². The normalized spacial score (nSPS) is 10.5. The molecule has 2 aromatic rings. The number of aromatic nitrogens is 1. The van der Waals surface area contributed by atoms with Crippen LogP contribution in [-0.4, -0.2) is 18.6 Å². The van der Waals surface area contributed by atoms with Crippen molar-refractivity contribution in [2.75, 3.05) is 13.7 Å². The highest BCUT2D eigenvalue weighted by Gasteiger charge is 2.12. The molecule has 0 radical (unpaired) electrons. The molecule has 0 fully saturated rings. The first kappa shape index (κ1) is 15.6. The molecule has 0 bridgehead atoms. The number of nitrogens with zero attached hydrogens (tertiary/aromatic N) is 1. The molecule has 0 spiro atoms. The van der Waals surface area contributed by atoms with Gasteiger partial charge in [0.15, 0.2) is 11.5 Å². The minimum absolute atomic E-state index is 0.390. The van der Waals surface area contributed by atoms with Crippen LogP contribution in [0.1, 0.15) is 16.7 Å². The number of pyridine rings is 1. The van der Waals surface area contributed by atoms with Crippen molar-refractivity contribution in [2.45, 2.75) is 20.0 Å². The van der Waals surface area contributed by atoms with Gasteiger partial charge in [0.25, 0.3) is 0 Å². The van der Waals surface area contributed by atoms with Crippen molar-refractivity contribution in [3.8, 4) is 11.5 Å². The summed E-state index contributed by atoms with van der Waals surface area (Å²) < 4.78 is 11.2. The van der Waals surface area contributed by atoms with E-state index in [0.717, 1.165) is 23.1 Å². The van der Waals surface area contributed by atoms with Crippen molar-refractivity contribution in [1.82, 2.24) is 4.98 Å². The molecule has 0 aliphatic rings. The molecule has 4 nitrogen and oxygen atoms in total. The Morgan fingerprint density at radius 2 is 2.00 bits per heavy atom. The summed E-state index contributed by atoms with van der Waals surface area (Å²) >= 11 is 6.29. The predicted molar refractivity (Wildman–Crippen MR) is 84.1 cm³/mol. The predicted octanol–water partition coefficient (Wildman–Crippen LogP) is 3.13. The maximum Gasteiger partial charge on any atom is 0.180 e. The highest BCUT2D eigenvalue weighted by molar-refractivity contribution is 6.32. The highest BCUT2D eigenvalue weighted by atomic mass is 35.5. The quantitative estimate of drug-likeness (QED) is 0.891. The molecule has 0 saturated heterocycles. The van der Waals surface area contributed by atoms with Gasteiger partial charge in [-0.3, -0.25) is 4.98 Å². The first-order chi connectivity index (χ1) is 10.1. The monoisotopic (exact) mass is 306 g/mol. The van der Waals surface area contributed by atoms with Gasteiger partial charge in [-0.05, 0) is 49.2 Å². The molecule has 21 heavy (non-hydrogen) atoms. The number of halogens is 1. The van der Waals surface area contributed by atoms with Crippen LogP contribution in [0.25, 0.3) is 0 Å². The fourth-order valence-corrected chi connectivity index (χ4v) is 2.36. The fourth-order valence-electron chi connectivity index (χ4n) is 2.08. The maximum absolute atomic E-state index is 6.29. The Hall–Kier alpha value is -1.78. The van der Waals surface area contributed by atoms with E-state index >= 15 is 0 Å². The van der Waals surface area contributed by atoms with E-state index in [1.54, 1.807) is 19.5 Å². The average Bonchev–Trinajstić information content (AvgIpc) is 2.46. The Kier molecular flexibility index (Phi) is 5.42. The van der Waals surface area contributed by atoms with E-state index in [-0.39, 0.29) is 0 Å². The van der Waals surface area contributed by atoms with E-state index in [9.17, 15) is 0 Å². The Labute approximate surface area is 129 Å². The Balaban J connectivity index is 2.19. The lowest BCUT2D eigenvalue weighted by atomic mass is 10.1. The summed E-state index contributed by atoms with van der Waals surface area (Å²) in [5, 5.41) is 0.526. The number of ether oxygens (including phenoxy) is 2. The number of nitrogens with two attached hydrogens (primary N) is 1. The Bertz CT molecular complexity index is 617. The van der Waals surface area contributed by atoms with Crippen molar-refractivity contribution < 1.29 is 9.47 Å². The van der Waals surface area contributed by atoms with Gasteiger partial charge in [0.05, 0.1) is 12.1 Å².